The number of amides is 1. The number of benzene rings is 2. The van der Waals surface area contributed by atoms with Crippen LogP contribution in [0.5, 0.6) is 11.5 Å². The number of nitrogen functional groups attached to an aromatic ring is 2. The number of piperidine rings is 6. The van der Waals surface area contributed by atoms with Gasteiger partial charge in [-0.2, -0.15) is 0 Å². The van der Waals surface area contributed by atoms with Gasteiger partial charge in [0.05, 0.1) is 64.7 Å². The second-order valence-corrected chi connectivity index (χ2v) is 15.5. The Kier molecular flexibility index (Phi) is 14.4. The first-order chi connectivity index (χ1) is 25.9. The number of fused-ring (bicyclic) bond motifs is 6. The molecule has 4 bridgehead atoms. The molecule has 2 aromatic carbocycles. The third-order valence-corrected chi connectivity index (χ3v) is 11.8. The van der Waals surface area contributed by atoms with Crippen LogP contribution in [0.25, 0.3) is 0 Å². The maximum Gasteiger partial charge on any atom is 0.331 e. The van der Waals surface area contributed by atoms with E-state index in [1.165, 1.54) is 11.0 Å². The Balaban J connectivity index is 0.00000580. The smallest absolute Gasteiger partial charge is 0.331 e. The minimum atomic E-state index is -1.19. The lowest BCUT2D eigenvalue weighted by Crippen LogP contribution is -2.64. The van der Waals surface area contributed by atoms with Gasteiger partial charge in [0.1, 0.15) is 30.3 Å². The highest BCUT2D eigenvalue weighted by Crippen LogP contribution is 2.42. The number of esters is 1. The van der Waals surface area contributed by atoms with Gasteiger partial charge >= 0.3 is 5.97 Å². The van der Waals surface area contributed by atoms with Gasteiger partial charge in [0.15, 0.2) is 0 Å². The van der Waals surface area contributed by atoms with Crippen molar-refractivity contribution in [1.82, 2.24) is 9.80 Å². The molecule has 2 aromatic rings. The van der Waals surface area contributed by atoms with E-state index in [1.54, 1.807) is 38.5 Å². The van der Waals surface area contributed by atoms with Crippen LogP contribution in [-0.2, 0) is 23.8 Å². The third-order valence-electron chi connectivity index (χ3n) is 11.2. The fourth-order valence-corrected chi connectivity index (χ4v) is 8.57. The largest absolute Gasteiger partial charge is 0.489 e. The molecule has 6 fully saturated rings. The number of nitrogens with two attached hydrogens (primary N) is 2. The van der Waals surface area contributed by atoms with Gasteiger partial charge in [0.25, 0.3) is 5.91 Å². The molecular weight excluding hydrogens is 755 g/mol. The monoisotopic (exact) mass is 808 g/mol. The van der Waals surface area contributed by atoms with Crippen molar-refractivity contribution in [3.63, 3.8) is 0 Å². The van der Waals surface area contributed by atoms with Crippen LogP contribution in [-0.4, -0.2) is 136 Å². The molecular formula is C38H54Cl2N6O9. The Hall–Kier alpha value is -3.54. The predicted molar refractivity (Wildman–Crippen MR) is 212 cm³/mol. The number of methoxy groups -OCH3 is 2. The fourth-order valence-electron chi connectivity index (χ4n) is 8.25. The highest BCUT2D eigenvalue weighted by atomic mass is 35.5. The van der Waals surface area contributed by atoms with E-state index in [0.717, 1.165) is 57.9 Å². The van der Waals surface area contributed by atoms with E-state index in [-0.39, 0.29) is 47.7 Å². The quantitative estimate of drug-likeness (QED) is 0.0787. The first kappa shape index (κ1) is 42.6. The summed E-state index contributed by atoms with van der Waals surface area (Å²) in [5.74, 6) is -0.339. The summed E-state index contributed by atoms with van der Waals surface area (Å²) in [4.78, 5) is 33.9. The standard InChI is InChI=1S/C38H52Cl2N6O8.H2O/c1-50-13-15-52-33-19-29(41)27(39)17-31(33)43-21-38(24-45-11-7-26(38)8-12-45)54-36(48)4-3-35(47)46(23-37(49)22-44-9-5-25(37)6-10-44)32-18-28(40)30(42)20-34(32)53-16-14-51-2;/h3-4,17-20,25-26,43,49H,5-16,21-24,41-42H2,1-2H3;1H2/b4-3+;. The molecule has 15 nitrogen and oxygen atoms in total. The zero-order chi connectivity index (χ0) is 38.5. The van der Waals surface area contributed by atoms with Crippen molar-refractivity contribution >= 4 is 57.8 Å². The minimum absolute atomic E-state index is 0. The zero-order valence-corrected chi connectivity index (χ0v) is 33.0. The predicted octanol–water partition coefficient (Wildman–Crippen LogP) is 2.85. The summed E-state index contributed by atoms with van der Waals surface area (Å²) in [6.07, 6.45) is 5.67. The molecule has 2 unspecified atom stereocenters. The number of ether oxygens (including phenoxy) is 5. The van der Waals surface area contributed by atoms with E-state index in [9.17, 15) is 14.7 Å². The van der Waals surface area contributed by atoms with Gasteiger partial charge < -0.3 is 60.9 Å². The molecule has 2 atom stereocenters. The van der Waals surface area contributed by atoms with Crippen molar-refractivity contribution in [2.75, 3.05) is 115 Å². The number of aliphatic hydroxyl groups is 1. The molecule has 1 amide bonds. The van der Waals surface area contributed by atoms with Crippen LogP contribution < -0.4 is 31.2 Å². The average Bonchev–Trinajstić information content (AvgIpc) is 3.16. The molecule has 0 radical (unpaired) electrons. The molecule has 8 rings (SSSR count). The molecule has 8 N–H and O–H groups in total. The van der Waals surface area contributed by atoms with Crippen LogP contribution in [0.2, 0.25) is 10.0 Å². The average molecular weight is 810 g/mol. The Morgan fingerprint density at radius 3 is 1.98 bits per heavy atom. The molecule has 17 heteroatoms. The Labute approximate surface area is 332 Å². The molecule has 6 heterocycles. The minimum Gasteiger partial charge on any atom is -0.489 e. The van der Waals surface area contributed by atoms with Crippen LogP contribution in [0.15, 0.2) is 36.4 Å². The summed E-state index contributed by atoms with van der Waals surface area (Å²) >= 11 is 12.9. The molecule has 0 aromatic heterocycles. The van der Waals surface area contributed by atoms with Crippen molar-refractivity contribution in [2.45, 2.75) is 36.9 Å². The summed E-state index contributed by atoms with van der Waals surface area (Å²) in [6.45, 7) is 5.95. The summed E-state index contributed by atoms with van der Waals surface area (Å²) < 4.78 is 28.6. The van der Waals surface area contributed by atoms with Crippen molar-refractivity contribution in [3.8, 4) is 11.5 Å². The number of carbonyl (C=O) groups is 2. The summed E-state index contributed by atoms with van der Waals surface area (Å²) in [5, 5.41) is 16.0. The maximum absolute atomic E-state index is 14.2. The molecule has 6 aliphatic heterocycles. The highest BCUT2D eigenvalue weighted by molar-refractivity contribution is 6.34. The summed E-state index contributed by atoms with van der Waals surface area (Å²) in [5.41, 5.74) is 11.7. The first-order valence-electron chi connectivity index (χ1n) is 18.5. The fraction of sp³-hybridized carbons (Fsp3) is 0.579. The lowest BCUT2D eigenvalue weighted by Gasteiger charge is -2.52. The van der Waals surface area contributed by atoms with Gasteiger partial charge in [-0.3, -0.25) is 9.69 Å². The highest BCUT2D eigenvalue weighted by Gasteiger charge is 2.50. The second kappa shape index (κ2) is 18.6. The van der Waals surface area contributed by atoms with E-state index in [0.29, 0.717) is 66.5 Å². The number of nitrogens with zero attached hydrogens (tertiary/aromatic N) is 3. The summed E-state index contributed by atoms with van der Waals surface area (Å²) in [6, 6.07) is 6.46. The van der Waals surface area contributed by atoms with Crippen LogP contribution in [0.1, 0.15) is 25.7 Å². The van der Waals surface area contributed by atoms with Crippen molar-refractivity contribution < 1.29 is 43.9 Å². The van der Waals surface area contributed by atoms with Crippen molar-refractivity contribution in [2.24, 2.45) is 11.8 Å². The zero-order valence-electron chi connectivity index (χ0n) is 31.5. The van der Waals surface area contributed by atoms with Crippen LogP contribution in [0.3, 0.4) is 0 Å². The SMILES string of the molecule is COCCOc1cc(N)c(Cl)cc1NCC1(OC(=O)/C=C/C(=O)N(CC2(O)CN3CCC2CC3)c2cc(Cl)c(N)cc2OCCOC)CN2CCC1CC2.O. The van der Waals surface area contributed by atoms with Gasteiger partial charge in [-0.1, -0.05) is 23.2 Å². The van der Waals surface area contributed by atoms with E-state index < -0.39 is 23.1 Å². The number of halogens is 2. The second-order valence-electron chi connectivity index (χ2n) is 14.7. The molecule has 0 spiro atoms. The number of carbonyl (C=O) groups excluding carboxylic acids is 2. The van der Waals surface area contributed by atoms with Gasteiger partial charge in [-0.25, -0.2) is 4.79 Å². The Morgan fingerprint density at radius 2 is 1.42 bits per heavy atom. The normalized spacial score (nSPS) is 26.7. The first-order valence-corrected chi connectivity index (χ1v) is 19.2. The molecule has 304 valence electrons. The van der Waals surface area contributed by atoms with Crippen molar-refractivity contribution in [3.05, 3.63) is 46.5 Å². The van der Waals surface area contributed by atoms with Gasteiger partial charge in [-0.05, 0) is 69.9 Å². The van der Waals surface area contributed by atoms with E-state index >= 15 is 0 Å². The molecule has 6 saturated heterocycles. The molecule has 0 saturated carbocycles. The summed E-state index contributed by atoms with van der Waals surface area (Å²) in [7, 11) is 3.15. The lowest BCUT2D eigenvalue weighted by molar-refractivity contribution is -0.174. The van der Waals surface area contributed by atoms with E-state index in [2.05, 4.69) is 15.1 Å². The number of anilines is 4. The third kappa shape index (κ3) is 9.89. The maximum atomic E-state index is 14.2. The molecule has 6 aliphatic rings. The Bertz CT molecular complexity index is 1690. The van der Waals surface area contributed by atoms with E-state index in [4.69, 9.17) is 58.4 Å². The van der Waals surface area contributed by atoms with Gasteiger partial charge in [0, 0.05) is 57.5 Å². The number of hydrogen-bond acceptors (Lipinski definition) is 13. The van der Waals surface area contributed by atoms with Gasteiger partial charge in [-0.15, -0.1) is 0 Å². The number of hydrogen-bond donors (Lipinski definition) is 4. The Morgan fingerprint density at radius 1 is 0.855 bits per heavy atom. The molecule has 55 heavy (non-hydrogen) atoms. The van der Waals surface area contributed by atoms with E-state index in [1.807, 2.05) is 0 Å². The van der Waals surface area contributed by atoms with Crippen molar-refractivity contribution in [1.29, 1.82) is 0 Å². The number of nitrogens with one attached hydrogen (secondary N) is 1. The number of rotatable bonds is 17. The topological polar surface area (TPSA) is 206 Å². The van der Waals surface area contributed by atoms with Crippen LogP contribution in [0, 0.1) is 11.8 Å². The van der Waals surface area contributed by atoms with Gasteiger partial charge in [0.2, 0.25) is 0 Å². The van der Waals surface area contributed by atoms with Crippen LogP contribution in [0.4, 0.5) is 22.7 Å². The lowest BCUT2D eigenvalue weighted by atomic mass is 9.75. The molecule has 0 aliphatic carbocycles. The van der Waals surface area contributed by atoms with Crippen LogP contribution >= 0.6 is 23.2 Å².